The highest BCUT2D eigenvalue weighted by molar-refractivity contribution is 7.52. The largest absolute Gasteiger partial charge is 0.462 e. The van der Waals surface area contributed by atoms with Crippen LogP contribution in [-0.4, -0.2) is 80.7 Å². The van der Waals surface area contributed by atoms with Crippen molar-refractivity contribution < 1.29 is 46.2 Å². The van der Waals surface area contributed by atoms with Gasteiger partial charge >= 0.3 is 13.7 Å². The Bertz CT molecular complexity index is 1450. The quantitative estimate of drug-likeness (QED) is 0.172. The molecule has 0 radical (unpaired) electrons. The second kappa shape index (κ2) is 12.4. The fourth-order valence-corrected chi connectivity index (χ4v) is 5.71. The molecule has 1 aromatic carbocycles. The minimum Gasteiger partial charge on any atom is -0.462 e. The topological polar surface area (TPSA) is 185 Å². The summed E-state index contributed by atoms with van der Waals surface area (Å²) in [4.78, 5) is 24.3. The summed E-state index contributed by atoms with van der Waals surface area (Å²) in [6.07, 6.45) is -9.67. The Morgan fingerprint density at radius 2 is 1.95 bits per heavy atom. The molecule has 42 heavy (non-hydrogen) atoms. The molecule has 1 aliphatic rings. The third kappa shape index (κ3) is 6.29. The van der Waals surface area contributed by atoms with E-state index in [-0.39, 0.29) is 28.7 Å². The summed E-state index contributed by atoms with van der Waals surface area (Å²) in [5, 5.41) is 15.9. The molecule has 4 rings (SSSR count). The molecule has 230 valence electrons. The Morgan fingerprint density at radius 3 is 2.57 bits per heavy atom. The number of benzene rings is 1. The van der Waals surface area contributed by atoms with Gasteiger partial charge in [0.2, 0.25) is 11.6 Å². The molecule has 14 nitrogen and oxygen atoms in total. The number of hydrogen-bond donors (Lipinski definition) is 4. The number of hydrogen-bond acceptors (Lipinski definition) is 12. The Kier molecular flexibility index (Phi) is 9.27. The third-order valence-electron chi connectivity index (χ3n) is 6.19. The van der Waals surface area contributed by atoms with E-state index in [9.17, 15) is 23.2 Å². The first kappa shape index (κ1) is 31.4. The molecule has 1 fully saturated rings. The standard InChI is InChI=1S/C24H31F3N7O7P/c1-12(2)39-20(36)13(3)33-42(37,41-14-8-6-5-7-9-14)38-10-15-17(35)24(27,21(25)26)22(40-15)34-11-30-16-18(29-4)31-23(28)32-19(16)34/h5-9,11-13,15,17,21-22,35H,10H2,1-4H3,(H,33,37)(H3,28,29,31,32)/t13?,15-,17-,22-,24+,42-/m1/s1. The molecular formula is C24H31F3N7O7P. The van der Waals surface area contributed by atoms with Crippen molar-refractivity contribution in [2.24, 2.45) is 0 Å². The maximum absolute atomic E-state index is 16.0. The molecule has 0 spiro atoms. The van der Waals surface area contributed by atoms with Gasteiger partial charge in [0, 0.05) is 7.05 Å². The van der Waals surface area contributed by atoms with Crippen LogP contribution in [0.25, 0.3) is 11.2 Å². The average molecular weight is 618 g/mol. The second-order valence-electron chi connectivity index (χ2n) is 9.64. The van der Waals surface area contributed by atoms with Crippen LogP contribution in [0, 0.1) is 0 Å². The number of alkyl halides is 3. The number of ether oxygens (including phenoxy) is 2. The van der Waals surface area contributed by atoms with Crippen molar-refractivity contribution >= 4 is 36.6 Å². The summed E-state index contributed by atoms with van der Waals surface area (Å²) < 4.78 is 80.7. The number of esters is 1. The molecule has 2 aromatic heterocycles. The zero-order chi connectivity index (χ0) is 30.8. The summed E-state index contributed by atoms with van der Waals surface area (Å²) in [5.74, 6) is -0.828. The van der Waals surface area contributed by atoms with E-state index in [2.05, 4.69) is 25.4 Å². The molecule has 0 aliphatic carbocycles. The average Bonchev–Trinajstić information content (AvgIpc) is 3.45. The van der Waals surface area contributed by atoms with E-state index in [1.54, 1.807) is 32.0 Å². The van der Waals surface area contributed by atoms with Crippen molar-refractivity contribution in [2.75, 3.05) is 24.7 Å². The van der Waals surface area contributed by atoms with Crippen LogP contribution in [0.4, 0.5) is 24.9 Å². The van der Waals surface area contributed by atoms with E-state index < -0.39 is 63.0 Å². The van der Waals surface area contributed by atoms with Crippen molar-refractivity contribution in [3.63, 3.8) is 0 Å². The van der Waals surface area contributed by atoms with Gasteiger partial charge in [-0.15, -0.1) is 0 Å². The van der Waals surface area contributed by atoms with Crippen molar-refractivity contribution in [3.05, 3.63) is 36.7 Å². The second-order valence-corrected chi connectivity index (χ2v) is 11.3. The number of aliphatic hydroxyl groups excluding tert-OH is 1. The van der Waals surface area contributed by atoms with Crippen LogP contribution in [0.1, 0.15) is 27.0 Å². The molecule has 0 amide bonds. The monoisotopic (exact) mass is 617 g/mol. The molecule has 0 bridgehead atoms. The van der Waals surface area contributed by atoms with Gasteiger partial charge < -0.3 is 30.2 Å². The lowest BCUT2D eigenvalue weighted by Gasteiger charge is -2.28. The number of halogens is 3. The maximum atomic E-state index is 16.0. The summed E-state index contributed by atoms with van der Waals surface area (Å²) >= 11 is 0. The number of nitrogens with one attached hydrogen (secondary N) is 2. The van der Waals surface area contributed by atoms with Gasteiger partial charge in [0.25, 0.3) is 6.43 Å². The van der Waals surface area contributed by atoms with Crippen molar-refractivity contribution in [1.82, 2.24) is 24.6 Å². The number of carbonyl (C=O) groups excluding carboxylic acids is 1. The number of para-hydroxylation sites is 1. The molecule has 0 saturated carbocycles. The molecule has 5 N–H and O–H groups in total. The van der Waals surface area contributed by atoms with Crippen LogP contribution >= 0.6 is 7.75 Å². The smallest absolute Gasteiger partial charge is 0.459 e. The highest BCUT2D eigenvalue weighted by atomic mass is 31.2. The summed E-state index contributed by atoms with van der Waals surface area (Å²) in [6.45, 7) is 3.68. The number of aromatic nitrogens is 4. The van der Waals surface area contributed by atoms with E-state index in [0.29, 0.717) is 0 Å². The van der Waals surface area contributed by atoms with Gasteiger partial charge in [-0.05, 0) is 32.9 Å². The lowest BCUT2D eigenvalue weighted by Crippen LogP contribution is -2.49. The number of anilines is 2. The number of carbonyl (C=O) groups is 1. The van der Waals surface area contributed by atoms with E-state index in [1.807, 2.05) is 0 Å². The minimum absolute atomic E-state index is 0.0680. The van der Waals surface area contributed by atoms with Crippen molar-refractivity contribution in [1.29, 1.82) is 0 Å². The van der Waals surface area contributed by atoms with Gasteiger partial charge in [-0.3, -0.25) is 13.9 Å². The zero-order valence-electron chi connectivity index (χ0n) is 23.0. The van der Waals surface area contributed by atoms with Gasteiger partial charge in [0.1, 0.15) is 24.0 Å². The summed E-state index contributed by atoms with van der Waals surface area (Å²) in [6, 6.07) is 6.51. The number of nitrogens with two attached hydrogens (primary N) is 1. The molecule has 18 heteroatoms. The zero-order valence-corrected chi connectivity index (χ0v) is 23.9. The molecular weight excluding hydrogens is 586 g/mol. The van der Waals surface area contributed by atoms with Crippen molar-refractivity contribution in [2.45, 2.75) is 63.4 Å². The molecule has 1 saturated heterocycles. The fraction of sp³-hybridized carbons (Fsp3) is 0.500. The number of nitrogens with zero attached hydrogens (tertiary/aromatic N) is 4. The maximum Gasteiger partial charge on any atom is 0.459 e. The lowest BCUT2D eigenvalue weighted by atomic mass is 9.96. The summed E-state index contributed by atoms with van der Waals surface area (Å²) in [5.41, 5.74) is 1.96. The number of imidazole rings is 1. The predicted molar refractivity (Wildman–Crippen MR) is 143 cm³/mol. The molecule has 3 aromatic rings. The fourth-order valence-electron chi connectivity index (χ4n) is 4.21. The van der Waals surface area contributed by atoms with Crippen molar-refractivity contribution in [3.8, 4) is 5.75 Å². The van der Waals surface area contributed by atoms with Crippen LogP contribution in [0.2, 0.25) is 0 Å². The number of aliphatic hydroxyl groups is 1. The van der Waals surface area contributed by atoms with Crippen LogP contribution in [0.15, 0.2) is 36.7 Å². The van der Waals surface area contributed by atoms with Gasteiger partial charge in [-0.2, -0.15) is 15.1 Å². The van der Waals surface area contributed by atoms with E-state index in [4.69, 9.17) is 24.3 Å². The molecule has 3 heterocycles. The van der Waals surface area contributed by atoms with Crippen LogP contribution in [0.3, 0.4) is 0 Å². The van der Waals surface area contributed by atoms with Gasteiger partial charge in [0.15, 0.2) is 23.2 Å². The Labute approximate surface area is 238 Å². The van der Waals surface area contributed by atoms with E-state index in [0.717, 1.165) is 10.9 Å². The Hall–Kier alpha value is -3.50. The SMILES string of the molecule is CNc1nc(N)nc2c1ncn2[C@@H]1O[C@H](CO[P@](=O)(NC(C)C(=O)OC(C)C)Oc2ccccc2)[C@@H](O)[C@]1(F)C(F)F. The Balaban J connectivity index is 1.62. The summed E-state index contributed by atoms with van der Waals surface area (Å²) in [7, 11) is -2.98. The lowest BCUT2D eigenvalue weighted by molar-refractivity contribution is -0.149. The highest BCUT2D eigenvalue weighted by Crippen LogP contribution is 2.50. The number of nitrogen functional groups attached to an aromatic ring is 1. The first-order valence-electron chi connectivity index (χ1n) is 12.7. The highest BCUT2D eigenvalue weighted by Gasteiger charge is 2.64. The molecule has 6 atom stereocenters. The normalized spacial score (nSPS) is 24.6. The van der Waals surface area contributed by atoms with E-state index >= 15 is 4.39 Å². The van der Waals surface area contributed by atoms with Crippen LogP contribution in [0.5, 0.6) is 5.75 Å². The number of rotatable bonds is 12. The third-order valence-corrected chi connectivity index (χ3v) is 7.83. The first-order chi connectivity index (χ1) is 19.8. The van der Waals surface area contributed by atoms with Crippen LogP contribution in [-0.2, 0) is 23.4 Å². The van der Waals surface area contributed by atoms with Gasteiger partial charge in [-0.1, -0.05) is 18.2 Å². The first-order valence-corrected chi connectivity index (χ1v) is 14.3. The number of fused-ring (bicyclic) bond motifs is 1. The Morgan fingerprint density at radius 1 is 1.26 bits per heavy atom. The predicted octanol–water partition coefficient (Wildman–Crippen LogP) is 2.82. The van der Waals surface area contributed by atoms with E-state index in [1.165, 1.54) is 26.1 Å². The molecule has 1 unspecified atom stereocenters. The molecule has 1 aliphatic heterocycles. The van der Waals surface area contributed by atoms with Gasteiger partial charge in [0.05, 0.1) is 19.0 Å². The van der Waals surface area contributed by atoms with Crippen LogP contribution < -0.4 is 20.7 Å². The van der Waals surface area contributed by atoms with Gasteiger partial charge in [-0.25, -0.2) is 22.7 Å². The minimum atomic E-state index is -4.49.